The number of hydrogen-bond donors (Lipinski definition) is 0. The molecule has 0 aromatic carbocycles. The first-order chi connectivity index (χ1) is 17.5. The van der Waals surface area contributed by atoms with Gasteiger partial charge in [0.2, 0.25) is 5.91 Å². The van der Waals surface area contributed by atoms with Gasteiger partial charge >= 0.3 is 17.9 Å². The van der Waals surface area contributed by atoms with Crippen molar-refractivity contribution in [1.29, 1.82) is 0 Å². The molecule has 1 aliphatic rings. The summed E-state index contributed by atoms with van der Waals surface area (Å²) in [6.45, 7) is 13.5. The Morgan fingerprint density at radius 2 is 1.68 bits per heavy atom. The van der Waals surface area contributed by atoms with Crippen molar-refractivity contribution in [2.24, 2.45) is 5.41 Å². The number of carbonyl (C=O) groups excluding carboxylic acids is 4. The second-order valence-corrected chi connectivity index (χ2v) is 10.9. The Morgan fingerprint density at radius 1 is 1.00 bits per heavy atom. The standard InChI is InChI=1S/C29H49NO7/c1-7-24(30-18-10-8-9-16-26(30)32)13-11-14-25(37-23(4)31)15-12-17-29(5,6)28(34)36-20-19-35-27(33)21-22(2)3/h24-25H,2,7-21H2,1,3-6H3. The van der Waals surface area contributed by atoms with Crippen molar-refractivity contribution in [2.75, 3.05) is 19.8 Å². The maximum Gasteiger partial charge on any atom is 0.311 e. The van der Waals surface area contributed by atoms with Gasteiger partial charge in [-0.1, -0.05) is 25.5 Å². The number of esters is 3. The van der Waals surface area contributed by atoms with Gasteiger partial charge in [-0.05, 0) is 78.6 Å². The number of nitrogens with zero attached hydrogens (tertiary/aromatic N) is 1. The van der Waals surface area contributed by atoms with Crippen molar-refractivity contribution in [2.45, 2.75) is 124 Å². The fraction of sp³-hybridized carbons (Fsp3) is 0.793. The van der Waals surface area contributed by atoms with Crippen LogP contribution in [0.1, 0.15) is 112 Å². The van der Waals surface area contributed by atoms with Crippen LogP contribution in [0.3, 0.4) is 0 Å². The summed E-state index contributed by atoms with van der Waals surface area (Å²) in [4.78, 5) is 50.3. The van der Waals surface area contributed by atoms with E-state index in [9.17, 15) is 19.2 Å². The number of rotatable bonds is 17. The van der Waals surface area contributed by atoms with Crippen LogP contribution in [0.15, 0.2) is 12.2 Å². The van der Waals surface area contributed by atoms with E-state index < -0.39 is 5.41 Å². The molecule has 1 aliphatic heterocycles. The van der Waals surface area contributed by atoms with Gasteiger partial charge < -0.3 is 19.1 Å². The van der Waals surface area contributed by atoms with Crippen molar-refractivity contribution < 1.29 is 33.4 Å². The van der Waals surface area contributed by atoms with Gasteiger partial charge in [0.15, 0.2) is 0 Å². The normalized spacial score (nSPS) is 15.9. The highest BCUT2D eigenvalue weighted by Crippen LogP contribution is 2.27. The number of likely N-dealkylation sites (tertiary alicyclic amines) is 1. The Morgan fingerprint density at radius 3 is 2.32 bits per heavy atom. The summed E-state index contributed by atoms with van der Waals surface area (Å²) >= 11 is 0. The molecule has 2 unspecified atom stereocenters. The van der Waals surface area contributed by atoms with Crippen LogP contribution in [-0.4, -0.2) is 60.6 Å². The van der Waals surface area contributed by atoms with Gasteiger partial charge in [-0.2, -0.15) is 0 Å². The predicted octanol–water partition coefficient (Wildman–Crippen LogP) is 5.52. The van der Waals surface area contributed by atoms with Crippen LogP contribution in [0.4, 0.5) is 0 Å². The minimum absolute atomic E-state index is 0.0123. The zero-order valence-electron chi connectivity index (χ0n) is 23.8. The zero-order chi connectivity index (χ0) is 27.8. The Balaban J connectivity index is 2.45. The highest BCUT2D eigenvalue weighted by molar-refractivity contribution is 5.77. The topological polar surface area (TPSA) is 99.2 Å². The van der Waals surface area contributed by atoms with Crippen LogP contribution in [0.5, 0.6) is 0 Å². The SMILES string of the molecule is C=C(C)CC(=O)OCCOC(=O)C(C)(C)CCCC(CCCC(CC)N1CCCCCC1=O)OC(C)=O. The van der Waals surface area contributed by atoms with E-state index in [4.69, 9.17) is 14.2 Å². The van der Waals surface area contributed by atoms with Crippen molar-refractivity contribution in [3.05, 3.63) is 12.2 Å². The lowest BCUT2D eigenvalue weighted by Crippen LogP contribution is -2.39. The molecule has 8 nitrogen and oxygen atoms in total. The van der Waals surface area contributed by atoms with Crippen LogP contribution >= 0.6 is 0 Å². The molecule has 1 rings (SSSR count). The largest absolute Gasteiger partial charge is 0.463 e. The number of amides is 1. The third-order valence-electron chi connectivity index (χ3n) is 6.82. The minimum atomic E-state index is -0.705. The van der Waals surface area contributed by atoms with E-state index in [1.54, 1.807) is 6.92 Å². The molecule has 0 aliphatic carbocycles. The summed E-state index contributed by atoms with van der Waals surface area (Å²) in [5.41, 5.74) is 0.0102. The maximum atomic E-state index is 12.5. The average molecular weight is 524 g/mol. The third kappa shape index (κ3) is 13.7. The number of carbonyl (C=O) groups is 4. The van der Waals surface area contributed by atoms with E-state index in [2.05, 4.69) is 18.4 Å². The Kier molecular flexibility index (Phi) is 15.2. The van der Waals surface area contributed by atoms with Crippen LogP contribution in [0.2, 0.25) is 0 Å². The Labute approximate surface area is 223 Å². The van der Waals surface area contributed by atoms with E-state index in [1.165, 1.54) is 6.92 Å². The van der Waals surface area contributed by atoms with Gasteiger partial charge in [0.1, 0.15) is 19.3 Å². The molecular weight excluding hydrogens is 474 g/mol. The van der Waals surface area contributed by atoms with E-state index in [-0.39, 0.29) is 55.6 Å². The quantitative estimate of drug-likeness (QED) is 0.107. The first-order valence-electron chi connectivity index (χ1n) is 13.9. The molecule has 37 heavy (non-hydrogen) atoms. The minimum Gasteiger partial charge on any atom is -0.463 e. The van der Waals surface area contributed by atoms with Crippen molar-refractivity contribution in [3.8, 4) is 0 Å². The lowest BCUT2D eigenvalue weighted by atomic mass is 9.86. The molecule has 1 heterocycles. The fourth-order valence-electron chi connectivity index (χ4n) is 4.70. The van der Waals surface area contributed by atoms with Crippen LogP contribution in [0, 0.1) is 5.41 Å². The van der Waals surface area contributed by atoms with E-state index >= 15 is 0 Å². The second kappa shape index (κ2) is 17.2. The van der Waals surface area contributed by atoms with Crippen LogP contribution in [-0.2, 0) is 33.4 Å². The molecule has 212 valence electrons. The van der Waals surface area contributed by atoms with Gasteiger partial charge in [0.25, 0.3) is 0 Å². The molecule has 0 aromatic heterocycles. The van der Waals surface area contributed by atoms with Crippen molar-refractivity contribution >= 4 is 23.8 Å². The third-order valence-corrected chi connectivity index (χ3v) is 6.82. The van der Waals surface area contributed by atoms with Gasteiger partial charge in [0.05, 0.1) is 11.8 Å². The molecule has 0 aromatic rings. The highest BCUT2D eigenvalue weighted by atomic mass is 16.6. The fourth-order valence-corrected chi connectivity index (χ4v) is 4.70. The lowest BCUT2D eigenvalue weighted by Gasteiger charge is -2.31. The number of ether oxygens (including phenoxy) is 3. The lowest BCUT2D eigenvalue weighted by molar-refractivity contribution is -0.159. The molecule has 8 heteroatoms. The van der Waals surface area contributed by atoms with E-state index in [1.807, 2.05) is 13.8 Å². The number of hydrogen-bond acceptors (Lipinski definition) is 7. The van der Waals surface area contributed by atoms with Crippen LogP contribution < -0.4 is 0 Å². The Bertz CT molecular complexity index is 761. The summed E-state index contributed by atoms with van der Waals surface area (Å²) in [7, 11) is 0. The van der Waals surface area contributed by atoms with Gasteiger partial charge in [-0.25, -0.2) is 0 Å². The smallest absolute Gasteiger partial charge is 0.311 e. The molecule has 1 saturated heterocycles. The second-order valence-electron chi connectivity index (χ2n) is 10.9. The average Bonchev–Trinajstić information content (AvgIpc) is 3.02. The molecule has 1 fully saturated rings. The Hall–Kier alpha value is -2.38. The van der Waals surface area contributed by atoms with Crippen LogP contribution in [0.25, 0.3) is 0 Å². The van der Waals surface area contributed by atoms with E-state index in [0.29, 0.717) is 31.3 Å². The molecule has 0 saturated carbocycles. The first kappa shape index (κ1) is 32.6. The summed E-state index contributed by atoms with van der Waals surface area (Å²) in [6.07, 6.45) is 9.11. The summed E-state index contributed by atoms with van der Waals surface area (Å²) in [6, 6.07) is 0.234. The maximum absolute atomic E-state index is 12.5. The molecule has 2 atom stereocenters. The molecule has 0 spiro atoms. The molecule has 0 bridgehead atoms. The van der Waals surface area contributed by atoms with E-state index in [0.717, 1.165) is 51.5 Å². The molecule has 1 amide bonds. The highest BCUT2D eigenvalue weighted by Gasteiger charge is 2.30. The predicted molar refractivity (Wildman–Crippen MR) is 143 cm³/mol. The summed E-state index contributed by atoms with van der Waals surface area (Å²) in [5, 5.41) is 0. The summed E-state index contributed by atoms with van der Waals surface area (Å²) in [5.74, 6) is -0.775. The molecule has 0 radical (unpaired) electrons. The molecule has 0 N–H and O–H groups in total. The molecular formula is C29H49NO7. The van der Waals surface area contributed by atoms with Crippen molar-refractivity contribution in [1.82, 2.24) is 4.90 Å². The van der Waals surface area contributed by atoms with Gasteiger partial charge in [-0.15, -0.1) is 0 Å². The first-order valence-corrected chi connectivity index (χ1v) is 13.9. The monoisotopic (exact) mass is 523 g/mol. The van der Waals surface area contributed by atoms with Gasteiger partial charge in [0, 0.05) is 25.9 Å². The summed E-state index contributed by atoms with van der Waals surface area (Å²) < 4.78 is 15.9. The van der Waals surface area contributed by atoms with Crippen molar-refractivity contribution in [3.63, 3.8) is 0 Å². The van der Waals surface area contributed by atoms with Gasteiger partial charge in [-0.3, -0.25) is 19.2 Å². The zero-order valence-corrected chi connectivity index (χ0v) is 23.8.